The normalized spacial score (nSPS) is 16.0. The van der Waals surface area contributed by atoms with Crippen molar-refractivity contribution in [2.75, 3.05) is 11.9 Å². The number of para-hydroxylation sites is 1. The largest absolute Gasteiger partial charge is 0.454 e. The number of benzene rings is 2. The third-order valence-corrected chi connectivity index (χ3v) is 4.15. The fourth-order valence-electron chi connectivity index (χ4n) is 2.83. The zero-order valence-electron chi connectivity index (χ0n) is 14.2. The van der Waals surface area contributed by atoms with Crippen LogP contribution < -0.4 is 10.6 Å². The molecular formula is C20H20N2O4. The first-order valence-electron chi connectivity index (χ1n) is 8.49. The lowest BCUT2D eigenvalue weighted by molar-refractivity contribution is -0.149. The van der Waals surface area contributed by atoms with E-state index in [1.165, 1.54) is 0 Å². The van der Waals surface area contributed by atoms with Gasteiger partial charge in [0.05, 0.1) is 0 Å². The van der Waals surface area contributed by atoms with E-state index >= 15 is 0 Å². The molecule has 134 valence electrons. The molecule has 26 heavy (non-hydrogen) atoms. The highest BCUT2D eigenvalue weighted by atomic mass is 16.5. The molecule has 6 heteroatoms. The predicted molar refractivity (Wildman–Crippen MR) is 96.4 cm³/mol. The van der Waals surface area contributed by atoms with Gasteiger partial charge in [0.25, 0.3) is 5.91 Å². The van der Waals surface area contributed by atoms with Gasteiger partial charge >= 0.3 is 5.97 Å². The predicted octanol–water partition coefficient (Wildman–Crippen LogP) is 2.04. The van der Waals surface area contributed by atoms with Crippen molar-refractivity contribution >= 4 is 23.5 Å². The molecule has 0 radical (unpaired) electrons. The van der Waals surface area contributed by atoms with Crippen LogP contribution in [-0.4, -0.2) is 30.4 Å². The molecule has 1 fully saturated rings. The Bertz CT molecular complexity index is 804. The molecule has 1 aliphatic heterocycles. The van der Waals surface area contributed by atoms with E-state index in [9.17, 15) is 14.4 Å². The number of esters is 1. The van der Waals surface area contributed by atoms with Gasteiger partial charge in [0, 0.05) is 12.1 Å². The maximum atomic E-state index is 12.1. The van der Waals surface area contributed by atoms with E-state index in [2.05, 4.69) is 10.6 Å². The van der Waals surface area contributed by atoms with Gasteiger partial charge in [-0.25, -0.2) is 4.79 Å². The van der Waals surface area contributed by atoms with E-state index in [0.717, 1.165) is 11.1 Å². The molecule has 2 N–H and O–H groups in total. The van der Waals surface area contributed by atoms with Crippen LogP contribution in [0, 0.1) is 0 Å². The van der Waals surface area contributed by atoms with Crippen LogP contribution in [0.1, 0.15) is 24.0 Å². The maximum absolute atomic E-state index is 12.1. The maximum Gasteiger partial charge on any atom is 0.329 e. The van der Waals surface area contributed by atoms with Crippen LogP contribution in [0.2, 0.25) is 0 Å². The van der Waals surface area contributed by atoms with Crippen molar-refractivity contribution in [2.24, 2.45) is 0 Å². The molecule has 0 unspecified atom stereocenters. The lowest BCUT2D eigenvalue weighted by atomic mass is 10.0. The Balaban J connectivity index is 1.56. The minimum Gasteiger partial charge on any atom is -0.454 e. The number of carbonyl (C=O) groups excluding carboxylic acids is 3. The Labute approximate surface area is 151 Å². The van der Waals surface area contributed by atoms with E-state index in [4.69, 9.17) is 4.74 Å². The highest BCUT2D eigenvalue weighted by Gasteiger charge is 2.28. The Morgan fingerprint density at radius 2 is 1.81 bits per heavy atom. The molecule has 0 aromatic heterocycles. The van der Waals surface area contributed by atoms with Crippen molar-refractivity contribution in [1.82, 2.24) is 5.32 Å². The van der Waals surface area contributed by atoms with E-state index < -0.39 is 17.9 Å². The Morgan fingerprint density at radius 3 is 2.54 bits per heavy atom. The standard InChI is InChI=1S/C20H20N2O4/c23-18-11-10-17(22-18)20(25)26-13-19(24)21-16-9-5-4-8-15(16)12-14-6-2-1-3-7-14/h1-9,17H,10-13H2,(H,21,24)(H,22,23)/t17-/m0/s1. The molecule has 2 aromatic rings. The second kappa shape index (κ2) is 8.29. The number of amides is 2. The van der Waals surface area contributed by atoms with Crippen LogP contribution in [0.3, 0.4) is 0 Å². The quantitative estimate of drug-likeness (QED) is 0.779. The van der Waals surface area contributed by atoms with Gasteiger partial charge in [-0.15, -0.1) is 0 Å². The summed E-state index contributed by atoms with van der Waals surface area (Å²) in [5.74, 6) is -1.17. The highest BCUT2D eigenvalue weighted by molar-refractivity contribution is 5.94. The van der Waals surface area contributed by atoms with Gasteiger partial charge in [0.1, 0.15) is 6.04 Å². The molecule has 0 bridgehead atoms. The zero-order valence-corrected chi connectivity index (χ0v) is 14.2. The van der Waals surface area contributed by atoms with Crippen LogP contribution in [-0.2, 0) is 25.5 Å². The minimum absolute atomic E-state index is 0.175. The van der Waals surface area contributed by atoms with Gasteiger partial charge in [0.2, 0.25) is 5.91 Å². The topological polar surface area (TPSA) is 84.5 Å². The number of carbonyl (C=O) groups is 3. The van der Waals surface area contributed by atoms with Crippen molar-refractivity contribution < 1.29 is 19.1 Å². The zero-order chi connectivity index (χ0) is 18.4. The minimum atomic E-state index is -0.652. The van der Waals surface area contributed by atoms with Crippen molar-refractivity contribution in [3.63, 3.8) is 0 Å². The fourth-order valence-corrected chi connectivity index (χ4v) is 2.83. The summed E-state index contributed by atoms with van der Waals surface area (Å²) in [4.78, 5) is 35.1. The van der Waals surface area contributed by atoms with Gasteiger partial charge in [-0.1, -0.05) is 48.5 Å². The lowest BCUT2D eigenvalue weighted by Crippen LogP contribution is -2.36. The van der Waals surface area contributed by atoms with E-state index in [1.807, 2.05) is 54.6 Å². The first kappa shape index (κ1) is 17.7. The Morgan fingerprint density at radius 1 is 1.08 bits per heavy atom. The highest BCUT2D eigenvalue weighted by Crippen LogP contribution is 2.19. The molecule has 1 aliphatic rings. The number of rotatable bonds is 6. The van der Waals surface area contributed by atoms with E-state index in [-0.39, 0.29) is 12.5 Å². The van der Waals surface area contributed by atoms with Crippen molar-refractivity contribution in [3.8, 4) is 0 Å². The van der Waals surface area contributed by atoms with Crippen LogP contribution >= 0.6 is 0 Å². The Kier molecular flexibility index (Phi) is 5.63. The molecule has 6 nitrogen and oxygen atoms in total. The second-order valence-corrected chi connectivity index (χ2v) is 6.13. The summed E-state index contributed by atoms with van der Waals surface area (Å²) in [5.41, 5.74) is 2.80. The van der Waals surface area contributed by atoms with Crippen LogP contribution in [0.4, 0.5) is 5.69 Å². The lowest BCUT2D eigenvalue weighted by Gasteiger charge is -2.13. The van der Waals surface area contributed by atoms with Gasteiger partial charge < -0.3 is 15.4 Å². The number of nitrogens with one attached hydrogen (secondary N) is 2. The summed E-state index contributed by atoms with van der Waals surface area (Å²) in [6.07, 6.45) is 1.39. The van der Waals surface area contributed by atoms with Gasteiger partial charge in [-0.2, -0.15) is 0 Å². The Hall–Kier alpha value is -3.15. The van der Waals surface area contributed by atoms with Crippen molar-refractivity contribution in [2.45, 2.75) is 25.3 Å². The van der Waals surface area contributed by atoms with E-state index in [0.29, 0.717) is 24.9 Å². The third kappa shape index (κ3) is 4.69. The summed E-state index contributed by atoms with van der Waals surface area (Å²) >= 11 is 0. The number of anilines is 1. The molecule has 0 saturated carbocycles. The molecule has 1 heterocycles. The molecule has 1 saturated heterocycles. The molecule has 2 amide bonds. The van der Waals surface area contributed by atoms with Crippen LogP contribution in [0.5, 0.6) is 0 Å². The monoisotopic (exact) mass is 352 g/mol. The SMILES string of the molecule is O=C(COC(=O)[C@@H]1CCC(=O)N1)Nc1ccccc1Cc1ccccc1. The molecule has 2 aromatic carbocycles. The molecule has 0 spiro atoms. The van der Waals surface area contributed by atoms with Gasteiger partial charge in [0.15, 0.2) is 6.61 Å². The van der Waals surface area contributed by atoms with Gasteiger partial charge in [-0.05, 0) is 30.0 Å². The average Bonchev–Trinajstić information content (AvgIpc) is 3.09. The molecular weight excluding hydrogens is 332 g/mol. The second-order valence-electron chi connectivity index (χ2n) is 6.13. The summed E-state index contributed by atoms with van der Waals surface area (Å²) in [6, 6.07) is 16.8. The van der Waals surface area contributed by atoms with Crippen LogP contribution in [0.15, 0.2) is 54.6 Å². The third-order valence-electron chi connectivity index (χ3n) is 4.15. The average molecular weight is 352 g/mol. The first-order valence-corrected chi connectivity index (χ1v) is 8.49. The van der Waals surface area contributed by atoms with Gasteiger partial charge in [-0.3, -0.25) is 9.59 Å². The van der Waals surface area contributed by atoms with E-state index in [1.54, 1.807) is 0 Å². The summed E-state index contributed by atoms with van der Waals surface area (Å²) in [7, 11) is 0. The van der Waals surface area contributed by atoms with Crippen LogP contribution in [0.25, 0.3) is 0 Å². The summed E-state index contributed by atoms with van der Waals surface area (Å²) in [6.45, 7) is -0.384. The first-order chi connectivity index (χ1) is 12.6. The number of hydrogen-bond donors (Lipinski definition) is 2. The van der Waals surface area contributed by atoms with Crippen molar-refractivity contribution in [3.05, 3.63) is 65.7 Å². The molecule has 1 atom stereocenters. The van der Waals surface area contributed by atoms with Crippen molar-refractivity contribution in [1.29, 1.82) is 0 Å². The number of ether oxygens (including phenoxy) is 1. The summed E-state index contributed by atoms with van der Waals surface area (Å²) in [5, 5.41) is 5.30. The molecule has 3 rings (SSSR count). The summed E-state index contributed by atoms with van der Waals surface area (Å²) < 4.78 is 5.00. The fraction of sp³-hybridized carbons (Fsp3) is 0.250. The smallest absolute Gasteiger partial charge is 0.329 e. The molecule has 0 aliphatic carbocycles. The number of hydrogen-bond acceptors (Lipinski definition) is 4.